The van der Waals surface area contributed by atoms with Crippen molar-refractivity contribution in [2.45, 2.75) is 13.0 Å². The average molecular weight is 382 g/mol. The SMILES string of the molecule is CN(Cc1nc2ccsc2c(=O)[nH]1)C(=O)Cc1c(Cl)cccc1Cl. The molecule has 0 radical (unpaired) electrons. The van der Waals surface area contributed by atoms with E-state index in [1.807, 2.05) is 5.38 Å². The molecule has 124 valence electrons. The van der Waals surface area contributed by atoms with Crippen LogP contribution in [0.4, 0.5) is 0 Å². The topological polar surface area (TPSA) is 66.1 Å². The molecule has 0 saturated carbocycles. The lowest BCUT2D eigenvalue weighted by Crippen LogP contribution is -2.29. The molecule has 0 bridgehead atoms. The number of benzene rings is 1. The number of nitrogens with one attached hydrogen (secondary N) is 1. The van der Waals surface area contributed by atoms with Crippen LogP contribution in [0.5, 0.6) is 0 Å². The first-order valence-electron chi connectivity index (χ1n) is 7.09. The fraction of sp³-hybridized carbons (Fsp3) is 0.188. The van der Waals surface area contributed by atoms with Crippen LogP contribution in [0.2, 0.25) is 10.0 Å². The normalized spacial score (nSPS) is 11.0. The maximum absolute atomic E-state index is 12.4. The number of nitrogens with zero attached hydrogens (tertiary/aromatic N) is 2. The molecule has 0 aliphatic carbocycles. The van der Waals surface area contributed by atoms with Crippen molar-refractivity contribution < 1.29 is 4.79 Å². The van der Waals surface area contributed by atoms with E-state index in [-0.39, 0.29) is 24.4 Å². The number of amides is 1. The van der Waals surface area contributed by atoms with Crippen molar-refractivity contribution in [2.24, 2.45) is 0 Å². The Labute approximate surface area is 151 Å². The van der Waals surface area contributed by atoms with Crippen molar-refractivity contribution in [1.29, 1.82) is 0 Å². The van der Waals surface area contributed by atoms with Gasteiger partial charge in [-0.1, -0.05) is 29.3 Å². The van der Waals surface area contributed by atoms with Crippen molar-refractivity contribution in [3.63, 3.8) is 0 Å². The molecule has 0 spiro atoms. The van der Waals surface area contributed by atoms with E-state index in [4.69, 9.17) is 23.2 Å². The number of rotatable bonds is 4. The van der Waals surface area contributed by atoms with Crippen LogP contribution in [-0.4, -0.2) is 27.8 Å². The van der Waals surface area contributed by atoms with Gasteiger partial charge in [0.2, 0.25) is 5.91 Å². The highest BCUT2D eigenvalue weighted by Crippen LogP contribution is 2.25. The summed E-state index contributed by atoms with van der Waals surface area (Å²) in [6.45, 7) is 0.196. The monoisotopic (exact) mass is 381 g/mol. The Morgan fingerprint density at radius 2 is 2.00 bits per heavy atom. The summed E-state index contributed by atoms with van der Waals surface area (Å²) in [5.74, 6) is 0.269. The molecule has 0 saturated heterocycles. The molecule has 24 heavy (non-hydrogen) atoms. The second-order valence-electron chi connectivity index (χ2n) is 5.27. The number of hydrogen-bond donors (Lipinski definition) is 1. The number of H-pyrrole nitrogens is 1. The first-order chi connectivity index (χ1) is 11.5. The predicted molar refractivity (Wildman–Crippen MR) is 96.9 cm³/mol. The zero-order valence-electron chi connectivity index (χ0n) is 12.7. The van der Waals surface area contributed by atoms with Gasteiger partial charge >= 0.3 is 0 Å². The summed E-state index contributed by atoms with van der Waals surface area (Å²) in [4.78, 5) is 32.9. The van der Waals surface area contributed by atoms with Crippen molar-refractivity contribution in [3.8, 4) is 0 Å². The number of halogens is 2. The minimum absolute atomic E-state index is 0.0833. The van der Waals surface area contributed by atoms with Gasteiger partial charge in [0.25, 0.3) is 5.56 Å². The molecule has 0 atom stereocenters. The molecule has 3 aromatic rings. The van der Waals surface area contributed by atoms with Gasteiger partial charge in [-0.15, -0.1) is 11.3 Å². The van der Waals surface area contributed by atoms with Crippen LogP contribution in [0.25, 0.3) is 10.2 Å². The van der Waals surface area contributed by atoms with Crippen molar-refractivity contribution >= 4 is 50.7 Å². The molecule has 3 rings (SSSR count). The van der Waals surface area contributed by atoms with Crippen molar-refractivity contribution in [1.82, 2.24) is 14.9 Å². The highest BCUT2D eigenvalue weighted by molar-refractivity contribution is 7.17. The lowest BCUT2D eigenvalue weighted by atomic mass is 10.1. The van der Waals surface area contributed by atoms with Gasteiger partial charge in [-0.3, -0.25) is 9.59 Å². The van der Waals surface area contributed by atoms with Crippen LogP contribution in [-0.2, 0) is 17.8 Å². The van der Waals surface area contributed by atoms with E-state index in [9.17, 15) is 9.59 Å². The third-order valence-electron chi connectivity index (χ3n) is 3.57. The van der Waals surface area contributed by atoms with Gasteiger partial charge in [0.1, 0.15) is 10.5 Å². The van der Waals surface area contributed by atoms with Gasteiger partial charge < -0.3 is 9.88 Å². The molecule has 8 heteroatoms. The number of carbonyl (C=O) groups is 1. The molecule has 5 nitrogen and oxygen atoms in total. The fourth-order valence-electron chi connectivity index (χ4n) is 2.30. The number of aromatic nitrogens is 2. The number of likely N-dealkylation sites (N-methyl/N-ethyl adjacent to an activating group) is 1. The van der Waals surface area contributed by atoms with Gasteiger partial charge in [0.15, 0.2) is 0 Å². The van der Waals surface area contributed by atoms with Crippen molar-refractivity contribution in [3.05, 3.63) is 61.4 Å². The van der Waals surface area contributed by atoms with Gasteiger partial charge in [-0.25, -0.2) is 4.98 Å². The van der Waals surface area contributed by atoms with Crippen LogP contribution >= 0.6 is 34.5 Å². The van der Waals surface area contributed by atoms with Gasteiger partial charge in [0, 0.05) is 17.1 Å². The Balaban J connectivity index is 1.77. The molecule has 2 aromatic heterocycles. The number of fused-ring (bicyclic) bond motifs is 1. The highest BCUT2D eigenvalue weighted by atomic mass is 35.5. The first-order valence-corrected chi connectivity index (χ1v) is 8.72. The summed E-state index contributed by atoms with van der Waals surface area (Å²) in [5.41, 5.74) is 1.03. The molecular weight excluding hydrogens is 369 g/mol. The molecule has 0 aliphatic heterocycles. The molecular formula is C16H13Cl2N3O2S. The highest BCUT2D eigenvalue weighted by Gasteiger charge is 2.16. The van der Waals surface area contributed by atoms with E-state index >= 15 is 0 Å². The minimum atomic E-state index is -0.194. The van der Waals surface area contributed by atoms with E-state index in [0.29, 0.717) is 31.6 Å². The maximum Gasteiger partial charge on any atom is 0.268 e. The summed E-state index contributed by atoms with van der Waals surface area (Å²) in [6.07, 6.45) is 0.0833. The van der Waals surface area contributed by atoms with Crippen LogP contribution in [0, 0.1) is 0 Å². The molecule has 1 N–H and O–H groups in total. The van der Waals surface area contributed by atoms with Crippen LogP contribution in [0.1, 0.15) is 11.4 Å². The molecule has 1 amide bonds. The third-order valence-corrected chi connectivity index (χ3v) is 5.18. The molecule has 0 fully saturated rings. The summed E-state index contributed by atoms with van der Waals surface area (Å²) < 4.78 is 0.579. The summed E-state index contributed by atoms with van der Waals surface area (Å²) in [7, 11) is 1.64. The standard InChI is InChI=1S/C16H13Cl2N3O2S/c1-21(14(22)7-9-10(17)3-2-4-11(9)18)8-13-19-12-5-6-24-15(12)16(23)20-13/h2-6H,7-8H2,1H3,(H,19,20,23). The van der Waals surface area contributed by atoms with Gasteiger partial charge in [0.05, 0.1) is 18.5 Å². The number of thiophene rings is 1. The van der Waals surface area contributed by atoms with Crippen molar-refractivity contribution in [2.75, 3.05) is 7.05 Å². The van der Waals surface area contributed by atoms with E-state index in [2.05, 4.69) is 9.97 Å². The quantitative estimate of drug-likeness (QED) is 0.751. The minimum Gasteiger partial charge on any atom is -0.338 e. The maximum atomic E-state index is 12.4. The first kappa shape index (κ1) is 17.0. The summed E-state index contributed by atoms with van der Waals surface area (Å²) in [6, 6.07) is 6.90. The Bertz CT molecular complexity index is 947. The molecule has 0 aliphatic rings. The lowest BCUT2D eigenvalue weighted by molar-refractivity contribution is -0.129. The van der Waals surface area contributed by atoms with Gasteiger partial charge in [-0.05, 0) is 29.1 Å². The van der Waals surface area contributed by atoms with E-state index in [1.165, 1.54) is 16.2 Å². The van der Waals surface area contributed by atoms with E-state index in [1.54, 1.807) is 31.3 Å². The van der Waals surface area contributed by atoms with Crippen LogP contribution in [0.3, 0.4) is 0 Å². The molecule has 0 unspecified atom stereocenters. The second kappa shape index (κ2) is 6.93. The molecule has 1 aromatic carbocycles. The Hall–Kier alpha value is -1.89. The third kappa shape index (κ3) is 3.45. The number of carbonyl (C=O) groups excluding carboxylic acids is 1. The predicted octanol–water partition coefficient (Wildman–Crippen LogP) is 3.49. The number of aromatic amines is 1. The van der Waals surface area contributed by atoms with Crippen LogP contribution in [0.15, 0.2) is 34.4 Å². The second-order valence-corrected chi connectivity index (χ2v) is 7.00. The Kier molecular flexibility index (Phi) is 4.89. The zero-order chi connectivity index (χ0) is 17.3. The lowest BCUT2D eigenvalue weighted by Gasteiger charge is -2.17. The summed E-state index contributed by atoms with van der Waals surface area (Å²) in [5, 5.41) is 2.72. The van der Waals surface area contributed by atoms with E-state index in [0.717, 1.165) is 0 Å². The Morgan fingerprint density at radius 3 is 2.71 bits per heavy atom. The molecule has 2 heterocycles. The van der Waals surface area contributed by atoms with E-state index < -0.39 is 0 Å². The summed E-state index contributed by atoms with van der Waals surface area (Å²) >= 11 is 13.5. The largest absolute Gasteiger partial charge is 0.338 e. The average Bonchev–Trinajstić information content (AvgIpc) is 3.00. The van der Waals surface area contributed by atoms with Crippen LogP contribution < -0.4 is 5.56 Å². The van der Waals surface area contributed by atoms with Gasteiger partial charge in [-0.2, -0.15) is 0 Å². The zero-order valence-corrected chi connectivity index (χ0v) is 15.0. The number of hydrogen-bond acceptors (Lipinski definition) is 4. The Morgan fingerprint density at radius 1 is 1.29 bits per heavy atom. The smallest absolute Gasteiger partial charge is 0.268 e. The fourth-order valence-corrected chi connectivity index (χ4v) is 3.55.